The molecule has 3 aromatic carbocycles. The van der Waals surface area contributed by atoms with E-state index in [1.807, 2.05) is 0 Å². The molecule has 144 valence electrons. The van der Waals surface area contributed by atoms with Gasteiger partial charge in [0.2, 0.25) is 0 Å². The first-order valence-electron chi connectivity index (χ1n) is 7.89. The summed E-state index contributed by atoms with van der Waals surface area (Å²) in [4.78, 5) is 0.0173. The molecule has 0 aliphatic carbocycles. The average molecular weight is 591 g/mol. The summed E-state index contributed by atoms with van der Waals surface area (Å²) in [5.41, 5.74) is -0.0499. The summed E-state index contributed by atoms with van der Waals surface area (Å²) in [6, 6.07) is 14.0. The van der Waals surface area contributed by atoms with Gasteiger partial charge in [-0.05, 0) is 89.2 Å². The number of phenolic OH excluding ortho intramolecular Hbond substituents is 2. The van der Waals surface area contributed by atoms with Crippen molar-refractivity contribution < 1.29 is 22.8 Å². The Morgan fingerprint density at radius 2 is 1.25 bits per heavy atom. The molecule has 0 amide bonds. The number of phenols is 2. The summed E-state index contributed by atoms with van der Waals surface area (Å²) in [5, 5.41) is 19.4. The molecule has 0 bridgehead atoms. The molecule has 1 heterocycles. The molecule has 4 rings (SSSR count). The summed E-state index contributed by atoms with van der Waals surface area (Å²) in [6.07, 6.45) is 0. The van der Waals surface area contributed by atoms with Crippen LogP contribution in [0.4, 0.5) is 0 Å². The van der Waals surface area contributed by atoms with Gasteiger partial charge < -0.3 is 10.2 Å². The molecule has 0 aromatic heterocycles. The number of hydrogen-bond acceptors (Lipinski definition) is 5. The summed E-state index contributed by atoms with van der Waals surface area (Å²) in [6.45, 7) is 0. The van der Waals surface area contributed by atoms with Crippen LogP contribution < -0.4 is 0 Å². The first-order chi connectivity index (χ1) is 13.2. The molecular weight excluding hydrogens is 580 g/mol. The van der Waals surface area contributed by atoms with Crippen molar-refractivity contribution in [1.82, 2.24) is 0 Å². The zero-order chi connectivity index (χ0) is 20.3. The highest BCUT2D eigenvalue weighted by Crippen LogP contribution is 2.54. The molecule has 1 aliphatic heterocycles. The van der Waals surface area contributed by atoms with Crippen LogP contribution in [0.15, 0.2) is 72.9 Å². The molecule has 0 fully saturated rings. The van der Waals surface area contributed by atoms with E-state index in [2.05, 4.69) is 47.8 Å². The molecule has 0 atom stereocenters. The maximum atomic E-state index is 13.0. The second kappa shape index (κ2) is 6.84. The van der Waals surface area contributed by atoms with Crippen molar-refractivity contribution in [2.24, 2.45) is 0 Å². The van der Waals surface area contributed by atoms with E-state index in [4.69, 9.17) is 4.18 Å². The second-order valence-corrected chi connectivity index (χ2v) is 10.1. The van der Waals surface area contributed by atoms with E-state index in [1.165, 1.54) is 24.3 Å². The minimum Gasteiger partial charge on any atom is -0.508 e. The van der Waals surface area contributed by atoms with E-state index in [0.717, 1.165) is 0 Å². The van der Waals surface area contributed by atoms with Crippen LogP contribution in [0.25, 0.3) is 0 Å². The largest absolute Gasteiger partial charge is 0.508 e. The van der Waals surface area contributed by atoms with Gasteiger partial charge in [0.1, 0.15) is 16.4 Å². The van der Waals surface area contributed by atoms with Crippen LogP contribution in [0.3, 0.4) is 0 Å². The lowest BCUT2D eigenvalue weighted by Crippen LogP contribution is -2.29. The molecule has 28 heavy (non-hydrogen) atoms. The fourth-order valence-corrected chi connectivity index (χ4v) is 6.95. The lowest BCUT2D eigenvalue weighted by atomic mass is 9.80. The van der Waals surface area contributed by atoms with Crippen LogP contribution in [0.1, 0.15) is 16.7 Å². The monoisotopic (exact) mass is 588 g/mol. The number of fused-ring (bicyclic) bond motifs is 1. The number of halogens is 3. The fraction of sp³-hybridized carbons (Fsp3) is 0.0526. The Bertz CT molecular complexity index is 1140. The van der Waals surface area contributed by atoms with Crippen molar-refractivity contribution in [3.05, 3.63) is 84.7 Å². The smallest absolute Gasteiger partial charge is 0.300 e. The topological polar surface area (TPSA) is 83.8 Å². The highest BCUT2D eigenvalue weighted by atomic mass is 79.9. The molecule has 1 aliphatic rings. The predicted molar refractivity (Wildman–Crippen MR) is 114 cm³/mol. The number of hydrogen-bond donors (Lipinski definition) is 2. The molecular formula is C19H11Br3O5S. The SMILES string of the molecule is O=S1(=O)OC(c2ccc(O)cc2)(c2ccc(O)cc2)c2cc(Br)c(Br)c(Br)c21. The average Bonchev–Trinajstić information content (AvgIpc) is 2.89. The van der Waals surface area contributed by atoms with Gasteiger partial charge in [-0.2, -0.15) is 8.42 Å². The van der Waals surface area contributed by atoms with Gasteiger partial charge in [-0.3, -0.25) is 0 Å². The minimum atomic E-state index is -4.12. The van der Waals surface area contributed by atoms with Crippen molar-refractivity contribution in [3.8, 4) is 11.5 Å². The summed E-state index contributed by atoms with van der Waals surface area (Å²) >= 11 is 10.2. The van der Waals surface area contributed by atoms with Crippen molar-refractivity contribution in [2.75, 3.05) is 0 Å². The fourth-order valence-electron chi connectivity index (χ4n) is 3.30. The van der Waals surface area contributed by atoms with Gasteiger partial charge in [0.05, 0.1) is 4.47 Å². The first-order valence-corrected chi connectivity index (χ1v) is 11.7. The number of benzene rings is 3. The lowest BCUT2D eigenvalue weighted by molar-refractivity contribution is 0.180. The van der Waals surface area contributed by atoms with Gasteiger partial charge >= 0.3 is 0 Å². The quantitative estimate of drug-likeness (QED) is 0.309. The van der Waals surface area contributed by atoms with Gasteiger partial charge in [0, 0.05) is 14.5 Å². The van der Waals surface area contributed by atoms with E-state index in [-0.39, 0.29) is 16.4 Å². The Hall–Kier alpha value is -1.39. The molecule has 0 saturated heterocycles. The van der Waals surface area contributed by atoms with E-state index in [1.54, 1.807) is 30.3 Å². The highest BCUT2D eigenvalue weighted by molar-refractivity contribution is 9.14. The summed E-state index contributed by atoms with van der Waals surface area (Å²) in [7, 11) is -4.12. The Labute approximate surface area is 186 Å². The minimum absolute atomic E-state index is 0.0173. The maximum Gasteiger partial charge on any atom is 0.300 e. The Kier molecular flexibility index (Phi) is 4.86. The maximum absolute atomic E-state index is 13.0. The van der Waals surface area contributed by atoms with Crippen molar-refractivity contribution in [1.29, 1.82) is 0 Å². The van der Waals surface area contributed by atoms with Gasteiger partial charge in [0.15, 0.2) is 5.60 Å². The second-order valence-electron chi connectivity index (χ2n) is 6.18. The Morgan fingerprint density at radius 1 is 0.786 bits per heavy atom. The standard InChI is InChI=1S/C19H11Br3O5S/c20-15-9-14-18(17(22)16(15)21)28(25,26)27-19(14,10-1-5-12(23)6-2-10)11-3-7-13(24)8-4-11/h1-9,23-24H. The van der Waals surface area contributed by atoms with Crippen LogP contribution >= 0.6 is 47.8 Å². The van der Waals surface area contributed by atoms with Crippen LogP contribution in [0.5, 0.6) is 11.5 Å². The summed E-state index contributed by atoms with van der Waals surface area (Å²) < 4.78 is 33.4. The van der Waals surface area contributed by atoms with E-state index >= 15 is 0 Å². The van der Waals surface area contributed by atoms with E-state index in [0.29, 0.717) is 30.1 Å². The Morgan fingerprint density at radius 3 is 1.71 bits per heavy atom. The first kappa shape index (κ1) is 19.9. The van der Waals surface area contributed by atoms with E-state index < -0.39 is 15.7 Å². The lowest BCUT2D eigenvalue weighted by Gasteiger charge is -2.29. The van der Waals surface area contributed by atoms with Crippen molar-refractivity contribution in [2.45, 2.75) is 10.5 Å². The van der Waals surface area contributed by atoms with Gasteiger partial charge in [-0.1, -0.05) is 24.3 Å². The summed E-state index contributed by atoms with van der Waals surface area (Å²) in [5.74, 6) is 0.0905. The molecule has 2 N–H and O–H groups in total. The molecule has 0 radical (unpaired) electrons. The van der Waals surface area contributed by atoms with Crippen LogP contribution in [-0.2, 0) is 19.9 Å². The number of aromatic hydroxyl groups is 2. The molecule has 3 aromatic rings. The third-order valence-electron chi connectivity index (χ3n) is 4.53. The van der Waals surface area contributed by atoms with Gasteiger partial charge in [0.25, 0.3) is 10.1 Å². The van der Waals surface area contributed by atoms with Gasteiger partial charge in [-0.25, -0.2) is 4.18 Å². The van der Waals surface area contributed by atoms with Crippen molar-refractivity contribution in [3.63, 3.8) is 0 Å². The number of rotatable bonds is 2. The van der Waals surface area contributed by atoms with Crippen LogP contribution in [0.2, 0.25) is 0 Å². The molecule has 9 heteroatoms. The molecule has 0 saturated carbocycles. The van der Waals surface area contributed by atoms with E-state index in [9.17, 15) is 18.6 Å². The van der Waals surface area contributed by atoms with Crippen LogP contribution in [-0.4, -0.2) is 18.6 Å². The molecule has 5 nitrogen and oxygen atoms in total. The zero-order valence-corrected chi connectivity index (χ0v) is 19.4. The zero-order valence-electron chi connectivity index (χ0n) is 13.9. The molecule has 0 spiro atoms. The molecule has 0 unspecified atom stereocenters. The normalized spacial score (nSPS) is 16.7. The Balaban J connectivity index is 2.15. The van der Waals surface area contributed by atoms with Gasteiger partial charge in [-0.15, -0.1) is 0 Å². The third kappa shape index (κ3) is 2.91. The van der Waals surface area contributed by atoms with Crippen molar-refractivity contribution >= 4 is 57.9 Å². The third-order valence-corrected chi connectivity index (χ3v) is 9.49. The predicted octanol–water partition coefficient (Wildman–Crippen LogP) is 5.40. The van der Waals surface area contributed by atoms with Crippen LogP contribution in [0, 0.1) is 0 Å². The highest BCUT2D eigenvalue weighted by Gasteiger charge is 2.53.